The fraction of sp³-hybridized carbons (Fsp3) is 0.357. The quantitative estimate of drug-likeness (QED) is 0.607. The summed E-state index contributed by atoms with van der Waals surface area (Å²) in [4.78, 5) is 13.9. The van der Waals surface area contributed by atoms with E-state index in [0.717, 1.165) is 25.9 Å². The first-order chi connectivity index (χ1) is 8.70. The zero-order valence-corrected chi connectivity index (χ0v) is 11.0. The number of rotatable bonds is 2. The van der Waals surface area contributed by atoms with Crippen molar-refractivity contribution in [2.24, 2.45) is 0 Å². The summed E-state index contributed by atoms with van der Waals surface area (Å²) >= 11 is 6.02. The summed E-state index contributed by atoms with van der Waals surface area (Å²) in [6, 6.07) is 7.84. The van der Waals surface area contributed by atoms with Gasteiger partial charge in [0.05, 0.1) is 12.1 Å². The van der Waals surface area contributed by atoms with Crippen molar-refractivity contribution in [1.29, 1.82) is 0 Å². The fourth-order valence-electron chi connectivity index (χ4n) is 1.83. The Hall–Kier alpha value is -1.66. The van der Waals surface area contributed by atoms with Crippen molar-refractivity contribution in [3.63, 3.8) is 0 Å². The van der Waals surface area contributed by atoms with Gasteiger partial charge in [-0.15, -0.1) is 0 Å². The number of nitrogens with zero attached hydrogens (tertiary/aromatic N) is 1. The molecule has 1 aromatic carbocycles. The molecule has 1 saturated heterocycles. The fourth-order valence-corrected chi connectivity index (χ4v) is 2.09. The molecule has 94 valence electrons. The van der Waals surface area contributed by atoms with Gasteiger partial charge in [0.15, 0.2) is 0 Å². The number of halogens is 1. The van der Waals surface area contributed by atoms with Crippen molar-refractivity contribution in [3.8, 4) is 17.7 Å². The molecule has 0 aliphatic carbocycles. The molecule has 1 heterocycles. The number of methoxy groups -OCH3 is 1. The van der Waals surface area contributed by atoms with E-state index in [9.17, 15) is 4.79 Å². The maximum absolute atomic E-state index is 11.9. The standard InChI is InChI=1S/C14H14ClNO2/c1-18-11-4-5-12(13(15)10-11)14(17)6-9-16-7-2-3-8-16/h4-5,10H,2-3,7-8H2,1H3. The minimum atomic E-state index is -0.255. The Morgan fingerprint density at radius 2 is 2.11 bits per heavy atom. The van der Waals surface area contributed by atoms with E-state index < -0.39 is 0 Å². The molecule has 0 bridgehead atoms. The maximum Gasteiger partial charge on any atom is 0.239 e. The van der Waals surface area contributed by atoms with Gasteiger partial charge in [-0.2, -0.15) is 0 Å². The Balaban J connectivity index is 2.13. The number of Topliss-reactive ketones (excluding diaryl/α,β-unsaturated/α-hetero) is 1. The van der Waals surface area contributed by atoms with Gasteiger partial charge in [-0.1, -0.05) is 11.6 Å². The van der Waals surface area contributed by atoms with Gasteiger partial charge in [0.1, 0.15) is 5.75 Å². The van der Waals surface area contributed by atoms with Crippen LogP contribution in [0, 0.1) is 12.0 Å². The Labute approximate surface area is 112 Å². The third-order valence-electron chi connectivity index (χ3n) is 2.85. The average Bonchev–Trinajstić information content (AvgIpc) is 2.88. The summed E-state index contributed by atoms with van der Waals surface area (Å²) in [5.74, 6) is 3.00. The second-order valence-electron chi connectivity index (χ2n) is 4.11. The summed E-state index contributed by atoms with van der Waals surface area (Å²) in [5.41, 5.74) is 0.421. The smallest absolute Gasteiger partial charge is 0.239 e. The minimum Gasteiger partial charge on any atom is -0.497 e. The van der Waals surface area contributed by atoms with E-state index in [2.05, 4.69) is 12.0 Å². The number of hydrogen-bond donors (Lipinski definition) is 0. The molecular formula is C14H14ClNO2. The van der Waals surface area contributed by atoms with Crippen molar-refractivity contribution >= 4 is 17.4 Å². The van der Waals surface area contributed by atoms with Gasteiger partial charge >= 0.3 is 0 Å². The van der Waals surface area contributed by atoms with Crippen LogP contribution in [0.1, 0.15) is 23.2 Å². The highest BCUT2D eigenvalue weighted by Gasteiger charge is 2.10. The first kappa shape index (κ1) is 12.8. The van der Waals surface area contributed by atoms with E-state index in [1.165, 1.54) is 0 Å². The van der Waals surface area contributed by atoms with Crippen LogP contribution in [0.2, 0.25) is 5.02 Å². The highest BCUT2D eigenvalue weighted by molar-refractivity contribution is 6.35. The summed E-state index contributed by atoms with van der Waals surface area (Å²) in [6.45, 7) is 1.88. The molecule has 0 amide bonds. The molecule has 1 aromatic rings. The number of likely N-dealkylation sites (tertiary alicyclic amines) is 1. The van der Waals surface area contributed by atoms with Gasteiger partial charge < -0.3 is 9.64 Å². The molecule has 0 atom stereocenters. The normalized spacial score (nSPS) is 14.0. The molecule has 0 aromatic heterocycles. The van der Waals surface area contributed by atoms with Gasteiger partial charge in [0.2, 0.25) is 5.78 Å². The third-order valence-corrected chi connectivity index (χ3v) is 3.17. The lowest BCUT2D eigenvalue weighted by Gasteiger charge is -2.05. The van der Waals surface area contributed by atoms with Crippen LogP contribution >= 0.6 is 11.6 Å². The number of ether oxygens (including phenoxy) is 1. The Kier molecular flexibility index (Phi) is 4.11. The molecule has 18 heavy (non-hydrogen) atoms. The Morgan fingerprint density at radius 3 is 2.72 bits per heavy atom. The molecule has 1 aliphatic rings. The zero-order chi connectivity index (χ0) is 13.0. The lowest BCUT2D eigenvalue weighted by Crippen LogP contribution is -2.12. The largest absolute Gasteiger partial charge is 0.497 e. The predicted octanol–water partition coefficient (Wildman–Crippen LogP) is 2.59. The van der Waals surface area contributed by atoms with Crippen molar-refractivity contribution in [1.82, 2.24) is 4.90 Å². The number of carbonyl (C=O) groups is 1. The summed E-state index contributed by atoms with van der Waals surface area (Å²) in [7, 11) is 1.56. The monoisotopic (exact) mass is 263 g/mol. The van der Waals surface area contributed by atoms with Gasteiger partial charge in [-0.3, -0.25) is 4.79 Å². The highest BCUT2D eigenvalue weighted by Crippen LogP contribution is 2.22. The van der Waals surface area contributed by atoms with E-state index in [1.807, 2.05) is 4.90 Å². The minimum absolute atomic E-state index is 0.255. The lowest BCUT2D eigenvalue weighted by atomic mass is 10.1. The van der Waals surface area contributed by atoms with Crippen molar-refractivity contribution in [2.75, 3.05) is 20.2 Å². The van der Waals surface area contributed by atoms with E-state index in [4.69, 9.17) is 16.3 Å². The predicted molar refractivity (Wildman–Crippen MR) is 70.9 cm³/mol. The molecule has 1 aliphatic heterocycles. The van der Waals surface area contributed by atoms with Crippen molar-refractivity contribution < 1.29 is 9.53 Å². The van der Waals surface area contributed by atoms with Crippen LogP contribution in [0.3, 0.4) is 0 Å². The van der Waals surface area contributed by atoms with Gasteiger partial charge in [-0.05, 0) is 37.0 Å². The van der Waals surface area contributed by atoms with Crippen molar-refractivity contribution in [3.05, 3.63) is 28.8 Å². The molecule has 0 radical (unpaired) electrons. The van der Waals surface area contributed by atoms with Crippen LogP contribution in [0.25, 0.3) is 0 Å². The van der Waals surface area contributed by atoms with E-state index in [-0.39, 0.29) is 5.78 Å². The van der Waals surface area contributed by atoms with Gasteiger partial charge in [-0.25, -0.2) is 0 Å². The van der Waals surface area contributed by atoms with E-state index in [1.54, 1.807) is 25.3 Å². The van der Waals surface area contributed by atoms with Gasteiger partial charge in [0.25, 0.3) is 0 Å². The molecule has 2 rings (SSSR count). The van der Waals surface area contributed by atoms with Crippen LogP contribution in [-0.4, -0.2) is 30.9 Å². The van der Waals surface area contributed by atoms with Crippen LogP contribution in [-0.2, 0) is 0 Å². The van der Waals surface area contributed by atoms with Crippen LogP contribution < -0.4 is 4.74 Å². The number of benzene rings is 1. The maximum atomic E-state index is 11.9. The molecule has 0 unspecified atom stereocenters. The van der Waals surface area contributed by atoms with Crippen molar-refractivity contribution in [2.45, 2.75) is 12.8 Å². The first-order valence-electron chi connectivity index (χ1n) is 5.85. The average molecular weight is 264 g/mol. The van der Waals surface area contributed by atoms with Crippen LogP contribution in [0.4, 0.5) is 0 Å². The number of ketones is 1. The summed E-state index contributed by atoms with van der Waals surface area (Å²) < 4.78 is 5.03. The number of hydrogen-bond acceptors (Lipinski definition) is 3. The van der Waals surface area contributed by atoms with Crippen LogP contribution in [0.15, 0.2) is 18.2 Å². The number of carbonyl (C=O) groups excluding carboxylic acids is 1. The molecule has 4 heteroatoms. The zero-order valence-electron chi connectivity index (χ0n) is 10.2. The lowest BCUT2D eigenvalue weighted by molar-refractivity contribution is 0.105. The molecule has 1 fully saturated rings. The van der Waals surface area contributed by atoms with E-state index >= 15 is 0 Å². The summed E-state index contributed by atoms with van der Waals surface area (Å²) in [5, 5.41) is 0.370. The van der Waals surface area contributed by atoms with Gasteiger partial charge in [0, 0.05) is 24.7 Å². The highest BCUT2D eigenvalue weighted by atomic mass is 35.5. The molecule has 3 nitrogen and oxygen atoms in total. The third kappa shape index (κ3) is 2.96. The Morgan fingerprint density at radius 1 is 1.39 bits per heavy atom. The molecule has 0 saturated carbocycles. The molecule has 0 spiro atoms. The second kappa shape index (κ2) is 5.79. The first-order valence-corrected chi connectivity index (χ1v) is 6.23. The van der Waals surface area contributed by atoms with Crippen LogP contribution in [0.5, 0.6) is 5.75 Å². The second-order valence-corrected chi connectivity index (χ2v) is 4.51. The SMILES string of the molecule is COc1ccc(C(=O)C#CN2CCCC2)c(Cl)c1. The molecule has 0 N–H and O–H groups in total. The Bertz CT molecular complexity index is 510. The summed E-state index contributed by atoms with van der Waals surface area (Å²) in [6.07, 6.45) is 2.29. The van der Waals surface area contributed by atoms with E-state index in [0.29, 0.717) is 16.3 Å². The molecular weight excluding hydrogens is 250 g/mol. The topological polar surface area (TPSA) is 29.5 Å².